The third kappa shape index (κ3) is 13.0. The first-order valence-corrected chi connectivity index (χ1v) is 8.18. The zero-order valence-corrected chi connectivity index (χ0v) is 17.2. The summed E-state index contributed by atoms with van der Waals surface area (Å²) >= 11 is 0. The van der Waals surface area contributed by atoms with E-state index in [0.29, 0.717) is 0 Å². The van der Waals surface area contributed by atoms with E-state index in [4.69, 9.17) is 10.5 Å². The first-order valence-electron chi connectivity index (χ1n) is 8.18. The standard InChI is InChI=1S/C6H12O2.2C5H8N2.C2H7N/c1-5(7)6(2,3)8-4;1-5-3-4-7(2)6-5;1-5-3-4-6-7(5)2;1-2-3/h1-4H3;2*3-4H,1-2H3;2-3H2,1H3. The van der Waals surface area contributed by atoms with E-state index in [1.54, 1.807) is 24.7 Å². The van der Waals surface area contributed by atoms with Crippen LogP contribution < -0.4 is 5.73 Å². The van der Waals surface area contributed by atoms with E-state index < -0.39 is 5.60 Å². The highest BCUT2D eigenvalue weighted by Crippen LogP contribution is 2.06. The number of aryl methyl sites for hydroxylation is 4. The Labute approximate surface area is 152 Å². The number of methoxy groups -OCH3 is 1. The highest BCUT2D eigenvalue weighted by Gasteiger charge is 2.21. The molecule has 7 heteroatoms. The van der Waals surface area contributed by atoms with Gasteiger partial charge in [0, 0.05) is 39.3 Å². The van der Waals surface area contributed by atoms with E-state index in [2.05, 4.69) is 10.2 Å². The minimum Gasteiger partial charge on any atom is -0.371 e. The SMILES string of the molecule is CCN.COC(C)(C)C(C)=O.Cc1ccn(C)n1.Cc1ccnn1C. The zero-order valence-electron chi connectivity index (χ0n) is 17.2. The molecule has 0 unspecified atom stereocenters. The third-order valence-electron chi connectivity index (χ3n) is 3.27. The number of nitrogens with two attached hydrogens (primary N) is 1. The van der Waals surface area contributed by atoms with Gasteiger partial charge in [0.1, 0.15) is 5.60 Å². The number of carbonyl (C=O) groups excluding carboxylic acids is 1. The van der Waals surface area contributed by atoms with Crippen molar-refractivity contribution in [3.63, 3.8) is 0 Å². The van der Waals surface area contributed by atoms with Crippen LogP contribution in [-0.4, -0.2) is 44.6 Å². The molecule has 144 valence electrons. The average molecular weight is 354 g/mol. The minimum atomic E-state index is -0.597. The van der Waals surface area contributed by atoms with Crippen LogP contribution in [0, 0.1) is 13.8 Å². The molecule has 2 heterocycles. The van der Waals surface area contributed by atoms with E-state index in [9.17, 15) is 4.79 Å². The summed E-state index contributed by atoms with van der Waals surface area (Å²) in [5, 5.41) is 7.96. The average Bonchev–Trinajstić information content (AvgIpc) is 3.09. The van der Waals surface area contributed by atoms with Gasteiger partial charge in [-0.25, -0.2) is 0 Å². The highest BCUT2D eigenvalue weighted by atomic mass is 16.5. The van der Waals surface area contributed by atoms with Crippen LogP contribution in [0.3, 0.4) is 0 Å². The summed E-state index contributed by atoms with van der Waals surface area (Å²) < 4.78 is 8.47. The normalized spacial score (nSPS) is 9.68. The molecular weight excluding hydrogens is 318 g/mol. The zero-order chi connectivity index (χ0) is 20.0. The number of ether oxygens (including phenoxy) is 1. The van der Waals surface area contributed by atoms with Crippen molar-refractivity contribution in [2.75, 3.05) is 13.7 Å². The van der Waals surface area contributed by atoms with Crippen molar-refractivity contribution in [3.8, 4) is 0 Å². The number of rotatable bonds is 2. The molecule has 0 amide bonds. The molecular formula is C18H35N5O2. The highest BCUT2D eigenvalue weighted by molar-refractivity contribution is 5.83. The lowest BCUT2D eigenvalue weighted by molar-refractivity contribution is -0.134. The number of hydrogen-bond acceptors (Lipinski definition) is 5. The van der Waals surface area contributed by atoms with Crippen LogP contribution in [0.2, 0.25) is 0 Å². The Morgan fingerprint density at radius 1 is 1.28 bits per heavy atom. The largest absolute Gasteiger partial charge is 0.371 e. The first kappa shape index (κ1) is 25.3. The van der Waals surface area contributed by atoms with E-state index in [0.717, 1.165) is 12.2 Å². The maximum atomic E-state index is 10.6. The second kappa shape index (κ2) is 13.3. The quantitative estimate of drug-likeness (QED) is 0.896. The fourth-order valence-electron chi connectivity index (χ4n) is 1.12. The lowest BCUT2D eigenvalue weighted by atomic mass is 10.1. The molecule has 2 aromatic heterocycles. The lowest BCUT2D eigenvalue weighted by Crippen LogP contribution is -2.31. The third-order valence-corrected chi connectivity index (χ3v) is 3.27. The fourth-order valence-corrected chi connectivity index (χ4v) is 1.12. The smallest absolute Gasteiger partial charge is 0.160 e. The number of Topliss-reactive ketones (excluding diaryl/α,β-unsaturated/α-hetero) is 1. The fraction of sp³-hybridized carbons (Fsp3) is 0.611. The van der Waals surface area contributed by atoms with Crippen LogP contribution in [0.15, 0.2) is 24.5 Å². The summed E-state index contributed by atoms with van der Waals surface area (Å²) in [6, 6.07) is 3.94. The summed E-state index contributed by atoms with van der Waals surface area (Å²) in [7, 11) is 5.36. The molecule has 25 heavy (non-hydrogen) atoms. The molecule has 0 fully saturated rings. The maximum Gasteiger partial charge on any atom is 0.160 e. The Morgan fingerprint density at radius 2 is 1.80 bits per heavy atom. The molecule has 0 bridgehead atoms. The van der Waals surface area contributed by atoms with Gasteiger partial charge in [-0.05, 0) is 53.3 Å². The Bertz CT molecular complexity index is 555. The van der Waals surface area contributed by atoms with Gasteiger partial charge in [-0.15, -0.1) is 0 Å². The van der Waals surface area contributed by atoms with Crippen molar-refractivity contribution in [3.05, 3.63) is 35.9 Å². The topological polar surface area (TPSA) is 88.0 Å². The molecule has 2 rings (SSSR count). The number of carbonyl (C=O) groups is 1. The van der Waals surface area contributed by atoms with Gasteiger partial charge in [0.25, 0.3) is 0 Å². The maximum absolute atomic E-state index is 10.6. The molecule has 7 nitrogen and oxygen atoms in total. The van der Waals surface area contributed by atoms with Gasteiger partial charge in [-0.2, -0.15) is 10.2 Å². The van der Waals surface area contributed by atoms with Crippen molar-refractivity contribution < 1.29 is 9.53 Å². The predicted molar refractivity (Wildman–Crippen MR) is 102 cm³/mol. The van der Waals surface area contributed by atoms with Gasteiger partial charge in [-0.1, -0.05) is 6.92 Å². The van der Waals surface area contributed by atoms with Crippen LogP contribution >= 0.6 is 0 Å². The summed E-state index contributed by atoms with van der Waals surface area (Å²) in [4.78, 5) is 10.6. The Hall–Kier alpha value is -1.99. The van der Waals surface area contributed by atoms with E-state index in [1.807, 2.05) is 57.9 Å². The molecule has 0 aliphatic heterocycles. The molecule has 2 aromatic rings. The first-order chi connectivity index (χ1) is 11.5. The van der Waals surface area contributed by atoms with E-state index in [1.165, 1.54) is 19.7 Å². The summed E-state index contributed by atoms with van der Waals surface area (Å²) in [5.41, 5.74) is 6.52. The van der Waals surface area contributed by atoms with Gasteiger partial charge in [0.2, 0.25) is 0 Å². The minimum absolute atomic E-state index is 0.0556. The van der Waals surface area contributed by atoms with Crippen molar-refractivity contribution in [1.29, 1.82) is 0 Å². The van der Waals surface area contributed by atoms with Crippen molar-refractivity contribution in [1.82, 2.24) is 19.6 Å². The van der Waals surface area contributed by atoms with Crippen LogP contribution in [0.5, 0.6) is 0 Å². The lowest BCUT2D eigenvalue weighted by Gasteiger charge is -2.17. The van der Waals surface area contributed by atoms with Gasteiger partial charge in [0.15, 0.2) is 5.78 Å². The number of hydrogen-bond donors (Lipinski definition) is 1. The van der Waals surface area contributed by atoms with Crippen LogP contribution in [0.1, 0.15) is 39.1 Å². The molecule has 0 atom stereocenters. The van der Waals surface area contributed by atoms with Gasteiger partial charge < -0.3 is 10.5 Å². The van der Waals surface area contributed by atoms with E-state index >= 15 is 0 Å². The van der Waals surface area contributed by atoms with Crippen molar-refractivity contribution in [2.45, 2.75) is 47.1 Å². The Kier molecular flexibility index (Phi) is 13.5. The van der Waals surface area contributed by atoms with Crippen LogP contribution in [0.25, 0.3) is 0 Å². The summed E-state index contributed by atoms with van der Waals surface area (Å²) in [6.07, 6.45) is 3.71. The van der Waals surface area contributed by atoms with E-state index in [-0.39, 0.29) is 5.78 Å². The monoisotopic (exact) mass is 353 g/mol. The number of nitrogens with zero attached hydrogens (tertiary/aromatic N) is 4. The molecule has 0 saturated heterocycles. The van der Waals surface area contributed by atoms with Crippen molar-refractivity contribution in [2.24, 2.45) is 19.8 Å². The second-order valence-corrected chi connectivity index (χ2v) is 5.91. The number of ketones is 1. The van der Waals surface area contributed by atoms with Crippen molar-refractivity contribution >= 4 is 5.78 Å². The Morgan fingerprint density at radius 3 is 1.88 bits per heavy atom. The second-order valence-electron chi connectivity index (χ2n) is 5.91. The molecule has 0 aliphatic rings. The van der Waals surface area contributed by atoms with Crippen LogP contribution in [-0.2, 0) is 23.6 Å². The summed E-state index contributed by atoms with van der Waals surface area (Å²) in [5.74, 6) is 0.0556. The van der Waals surface area contributed by atoms with Gasteiger partial charge in [-0.3, -0.25) is 14.2 Å². The molecule has 0 aromatic carbocycles. The summed E-state index contributed by atoms with van der Waals surface area (Å²) in [6.45, 7) is 11.7. The molecule has 0 spiro atoms. The molecule has 0 saturated carbocycles. The number of aromatic nitrogens is 4. The van der Waals surface area contributed by atoms with Gasteiger partial charge in [0.05, 0.1) is 5.69 Å². The van der Waals surface area contributed by atoms with Crippen LogP contribution in [0.4, 0.5) is 0 Å². The molecule has 2 N–H and O–H groups in total. The molecule has 0 aliphatic carbocycles. The van der Waals surface area contributed by atoms with Gasteiger partial charge >= 0.3 is 0 Å². The Balaban J connectivity index is 0. The predicted octanol–water partition coefficient (Wildman–Crippen LogP) is 2.42. The molecule has 0 radical (unpaired) electrons.